The standard InChI is InChI=1S/C10H7N7OS/c18-9(8-14-16-17-15-8)13-10-12-7(5-19-10)6-2-1-3-11-4-6/h1-5H,(H,12,13,18)(H,14,15,16,17). The largest absolute Gasteiger partial charge is 0.299 e. The van der Waals surface area contributed by atoms with E-state index in [-0.39, 0.29) is 5.82 Å². The number of thiazole rings is 1. The zero-order valence-corrected chi connectivity index (χ0v) is 10.3. The summed E-state index contributed by atoms with van der Waals surface area (Å²) in [6.07, 6.45) is 3.40. The lowest BCUT2D eigenvalue weighted by atomic mass is 10.2. The molecule has 0 radical (unpaired) electrons. The Hall–Kier alpha value is -2.68. The van der Waals surface area contributed by atoms with Crippen molar-refractivity contribution in [1.82, 2.24) is 30.6 Å². The minimum atomic E-state index is -0.458. The van der Waals surface area contributed by atoms with Gasteiger partial charge in [-0.25, -0.2) is 4.98 Å². The second-order valence-corrected chi connectivity index (χ2v) is 4.33. The summed E-state index contributed by atoms with van der Waals surface area (Å²) in [5.41, 5.74) is 1.64. The van der Waals surface area contributed by atoms with Crippen LogP contribution in [0.5, 0.6) is 0 Å². The molecule has 0 unspecified atom stereocenters. The van der Waals surface area contributed by atoms with Crippen LogP contribution in [0.2, 0.25) is 0 Å². The molecule has 0 aromatic carbocycles. The van der Waals surface area contributed by atoms with Gasteiger partial charge in [-0.3, -0.25) is 15.1 Å². The Bertz CT molecular complexity index is 679. The lowest BCUT2D eigenvalue weighted by Crippen LogP contribution is -2.13. The highest BCUT2D eigenvalue weighted by Gasteiger charge is 2.13. The molecule has 19 heavy (non-hydrogen) atoms. The Balaban J connectivity index is 1.77. The minimum Gasteiger partial charge on any atom is -0.295 e. The lowest BCUT2D eigenvalue weighted by molar-refractivity contribution is 0.101. The van der Waals surface area contributed by atoms with Crippen molar-refractivity contribution in [3.8, 4) is 11.3 Å². The number of tetrazole rings is 1. The molecule has 0 saturated carbocycles. The third kappa shape index (κ3) is 2.45. The number of aromatic amines is 1. The number of nitrogens with zero attached hydrogens (tertiary/aromatic N) is 5. The first kappa shape index (κ1) is 11.4. The van der Waals surface area contributed by atoms with E-state index in [1.54, 1.807) is 12.4 Å². The van der Waals surface area contributed by atoms with E-state index in [9.17, 15) is 4.79 Å². The molecule has 9 heteroatoms. The molecule has 8 nitrogen and oxygen atoms in total. The molecule has 1 amide bonds. The summed E-state index contributed by atoms with van der Waals surface area (Å²) in [6, 6.07) is 3.72. The Morgan fingerprint density at radius 2 is 2.37 bits per heavy atom. The van der Waals surface area contributed by atoms with Gasteiger partial charge in [0.05, 0.1) is 5.69 Å². The van der Waals surface area contributed by atoms with E-state index in [0.717, 1.165) is 11.3 Å². The number of carbonyl (C=O) groups is 1. The van der Waals surface area contributed by atoms with Crippen LogP contribution in [-0.4, -0.2) is 36.5 Å². The smallest absolute Gasteiger partial charge is 0.295 e. The fraction of sp³-hybridized carbons (Fsp3) is 0. The third-order valence-electron chi connectivity index (χ3n) is 2.23. The topological polar surface area (TPSA) is 109 Å². The number of carbonyl (C=O) groups excluding carboxylic acids is 1. The van der Waals surface area contributed by atoms with Crippen LogP contribution in [0.15, 0.2) is 29.9 Å². The van der Waals surface area contributed by atoms with Crippen molar-refractivity contribution >= 4 is 22.4 Å². The molecule has 0 saturated heterocycles. The maximum absolute atomic E-state index is 11.7. The number of hydrogen-bond donors (Lipinski definition) is 2. The number of anilines is 1. The fourth-order valence-electron chi connectivity index (χ4n) is 1.39. The molecule has 3 aromatic rings. The molecule has 0 bridgehead atoms. The number of pyridine rings is 1. The van der Waals surface area contributed by atoms with Crippen LogP contribution in [0.25, 0.3) is 11.3 Å². The monoisotopic (exact) mass is 273 g/mol. The van der Waals surface area contributed by atoms with Crippen molar-refractivity contribution in [2.75, 3.05) is 5.32 Å². The van der Waals surface area contributed by atoms with Crippen LogP contribution in [-0.2, 0) is 0 Å². The summed E-state index contributed by atoms with van der Waals surface area (Å²) in [5.74, 6) is -0.487. The number of hydrogen-bond acceptors (Lipinski definition) is 7. The number of nitrogens with one attached hydrogen (secondary N) is 2. The maximum atomic E-state index is 11.7. The zero-order valence-electron chi connectivity index (χ0n) is 9.44. The van der Waals surface area contributed by atoms with Gasteiger partial charge in [-0.2, -0.15) is 5.21 Å². The molecule has 94 valence electrons. The van der Waals surface area contributed by atoms with Gasteiger partial charge in [-0.1, -0.05) is 0 Å². The van der Waals surface area contributed by atoms with E-state index in [1.807, 2.05) is 17.5 Å². The molecule has 3 heterocycles. The number of aromatic nitrogens is 6. The minimum absolute atomic E-state index is 0.0295. The van der Waals surface area contributed by atoms with Gasteiger partial charge < -0.3 is 0 Å². The van der Waals surface area contributed by atoms with Gasteiger partial charge >= 0.3 is 0 Å². The van der Waals surface area contributed by atoms with Crippen molar-refractivity contribution in [3.63, 3.8) is 0 Å². The summed E-state index contributed by atoms with van der Waals surface area (Å²) in [5, 5.41) is 17.6. The molecule has 0 fully saturated rings. The highest BCUT2D eigenvalue weighted by atomic mass is 32.1. The van der Waals surface area contributed by atoms with Crippen molar-refractivity contribution in [1.29, 1.82) is 0 Å². The number of amides is 1. The van der Waals surface area contributed by atoms with Crippen LogP contribution in [0.1, 0.15) is 10.6 Å². The first-order chi connectivity index (χ1) is 9.33. The lowest BCUT2D eigenvalue weighted by Gasteiger charge is -1.96. The average Bonchev–Trinajstić information content (AvgIpc) is 3.11. The van der Waals surface area contributed by atoms with E-state index >= 15 is 0 Å². The van der Waals surface area contributed by atoms with Gasteiger partial charge in [-0.15, -0.1) is 21.5 Å². The number of rotatable bonds is 3. The van der Waals surface area contributed by atoms with Crippen LogP contribution in [0, 0.1) is 0 Å². The highest BCUT2D eigenvalue weighted by molar-refractivity contribution is 7.14. The van der Waals surface area contributed by atoms with E-state index in [0.29, 0.717) is 5.13 Å². The zero-order chi connectivity index (χ0) is 13.1. The van der Waals surface area contributed by atoms with Gasteiger partial charge in [0, 0.05) is 23.3 Å². The Morgan fingerprint density at radius 3 is 3.11 bits per heavy atom. The summed E-state index contributed by atoms with van der Waals surface area (Å²) in [7, 11) is 0. The Kier molecular flexibility index (Phi) is 2.94. The second kappa shape index (κ2) is 4.90. The molecule has 0 atom stereocenters. The summed E-state index contributed by atoms with van der Waals surface area (Å²) >= 11 is 1.31. The first-order valence-electron chi connectivity index (χ1n) is 5.23. The third-order valence-corrected chi connectivity index (χ3v) is 2.99. The molecular weight excluding hydrogens is 266 g/mol. The number of H-pyrrole nitrogens is 1. The summed E-state index contributed by atoms with van der Waals surface area (Å²) in [4.78, 5) is 20.0. The molecule has 0 aliphatic heterocycles. The SMILES string of the molecule is O=C(Nc1nc(-c2cccnc2)cs1)c1nn[nH]n1. The maximum Gasteiger partial charge on any atom is 0.299 e. The molecule has 0 aliphatic rings. The van der Waals surface area contributed by atoms with Crippen molar-refractivity contribution < 1.29 is 4.79 Å². The van der Waals surface area contributed by atoms with Gasteiger partial charge in [0.1, 0.15) is 0 Å². The van der Waals surface area contributed by atoms with Crippen LogP contribution in [0.3, 0.4) is 0 Å². The van der Waals surface area contributed by atoms with Crippen LogP contribution < -0.4 is 5.32 Å². The normalized spacial score (nSPS) is 10.3. The van der Waals surface area contributed by atoms with E-state index in [4.69, 9.17) is 0 Å². The van der Waals surface area contributed by atoms with Crippen LogP contribution >= 0.6 is 11.3 Å². The highest BCUT2D eigenvalue weighted by Crippen LogP contribution is 2.24. The quantitative estimate of drug-likeness (QED) is 0.735. The van der Waals surface area contributed by atoms with Crippen LogP contribution in [0.4, 0.5) is 5.13 Å². The Labute approximate surface area is 110 Å². The predicted octanol–water partition coefficient (Wildman–Crippen LogP) is 0.970. The first-order valence-corrected chi connectivity index (χ1v) is 6.11. The second-order valence-electron chi connectivity index (χ2n) is 3.47. The summed E-state index contributed by atoms with van der Waals surface area (Å²) < 4.78 is 0. The molecule has 3 aromatic heterocycles. The predicted molar refractivity (Wildman–Crippen MR) is 67.5 cm³/mol. The molecular formula is C10H7N7OS. The summed E-state index contributed by atoms with van der Waals surface area (Å²) in [6.45, 7) is 0. The van der Waals surface area contributed by atoms with Gasteiger partial charge in [0.2, 0.25) is 0 Å². The van der Waals surface area contributed by atoms with Crippen molar-refractivity contribution in [3.05, 3.63) is 35.7 Å². The van der Waals surface area contributed by atoms with E-state index in [1.165, 1.54) is 11.3 Å². The molecule has 0 aliphatic carbocycles. The van der Waals surface area contributed by atoms with E-state index < -0.39 is 5.91 Å². The van der Waals surface area contributed by atoms with Gasteiger partial charge in [0.15, 0.2) is 5.13 Å². The van der Waals surface area contributed by atoms with Crippen molar-refractivity contribution in [2.45, 2.75) is 0 Å². The Morgan fingerprint density at radius 1 is 1.42 bits per heavy atom. The van der Waals surface area contributed by atoms with Gasteiger partial charge in [0.25, 0.3) is 11.7 Å². The fourth-order valence-corrected chi connectivity index (χ4v) is 2.10. The average molecular weight is 273 g/mol. The van der Waals surface area contributed by atoms with Gasteiger partial charge in [-0.05, 0) is 17.3 Å². The molecule has 2 N–H and O–H groups in total. The molecule has 0 spiro atoms. The van der Waals surface area contributed by atoms with E-state index in [2.05, 4.69) is 35.9 Å². The molecule has 3 rings (SSSR count). The van der Waals surface area contributed by atoms with Crippen molar-refractivity contribution in [2.24, 2.45) is 0 Å².